The van der Waals surface area contributed by atoms with Crippen LogP contribution in [0, 0.1) is 0 Å². The first-order chi connectivity index (χ1) is 7.86. The quantitative estimate of drug-likeness (QED) is 0.647. The second kappa shape index (κ2) is 6.34. The molecule has 0 aliphatic carbocycles. The number of aromatic nitrogens is 2. The molecule has 0 saturated carbocycles. The average molecular weight is 271 g/mol. The van der Waals surface area contributed by atoms with Gasteiger partial charge in [0.1, 0.15) is 6.33 Å². The molecule has 0 saturated heterocycles. The van der Waals surface area contributed by atoms with Crippen molar-refractivity contribution < 1.29 is 0 Å². The minimum Gasteiger partial charge on any atom is -0.309 e. The Hall–Kier alpha value is -0.430. The standard InChI is InChI=1S/C10H13N3S3/c1-8(9-3-2-5-14-9)11-4-6-15-10-12-7-13-16-10/h2-3,5,7-8,11H,4,6H2,1H3. The smallest absolute Gasteiger partial charge is 0.169 e. The molecule has 1 atom stereocenters. The van der Waals surface area contributed by atoms with Gasteiger partial charge in [-0.15, -0.1) is 11.3 Å². The third-order valence-corrected chi connectivity index (χ3v) is 4.94. The molecule has 0 bridgehead atoms. The van der Waals surface area contributed by atoms with Gasteiger partial charge >= 0.3 is 0 Å². The first kappa shape index (κ1) is 12.0. The Labute approximate surface area is 107 Å². The first-order valence-electron chi connectivity index (χ1n) is 5.02. The fourth-order valence-corrected chi connectivity index (χ4v) is 3.42. The zero-order valence-corrected chi connectivity index (χ0v) is 11.4. The van der Waals surface area contributed by atoms with Crippen LogP contribution >= 0.6 is 34.6 Å². The van der Waals surface area contributed by atoms with Gasteiger partial charge in [0.25, 0.3) is 0 Å². The van der Waals surface area contributed by atoms with Crippen molar-refractivity contribution in [3.63, 3.8) is 0 Å². The molecule has 0 aromatic carbocycles. The molecular formula is C10H13N3S3. The molecule has 2 heterocycles. The SMILES string of the molecule is CC(NCCSc1ncns1)c1cccs1. The number of hydrogen-bond donors (Lipinski definition) is 1. The molecule has 0 aliphatic heterocycles. The summed E-state index contributed by atoms with van der Waals surface area (Å²) in [7, 11) is 0. The molecule has 1 N–H and O–H groups in total. The molecule has 16 heavy (non-hydrogen) atoms. The minimum absolute atomic E-state index is 0.440. The van der Waals surface area contributed by atoms with Crippen LogP contribution in [0.25, 0.3) is 0 Å². The van der Waals surface area contributed by atoms with Crippen LogP contribution in [0.5, 0.6) is 0 Å². The zero-order valence-electron chi connectivity index (χ0n) is 8.92. The van der Waals surface area contributed by atoms with Crippen LogP contribution in [0.1, 0.15) is 17.8 Å². The summed E-state index contributed by atoms with van der Waals surface area (Å²) in [4.78, 5) is 5.52. The predicted molar refractivity (Wildman–Crippen MR) is 71.4 cm³/mol. The molecule has 3 nitrogen and oxygen atoms in total. The highest BCUT2D eigenvalue weighted by molar-refractivity contribution is 8.00. The molecule has 0 radical (unpaired) electrons. The monoisotopic (exact) mass is 271 g/mol. The van der Waals surface area contributed by atoms with E-state index in [1.54, 1.807) is 29.4 Å². The number of rotatable bonds is 6. The maximum atomic E-state index is 4.13. The van der Waals surface area contributed by atoms with Crippen LogP contribution in [0.15, 0.2) is 28.2 Å². The lowest BCUT2D eigenvalue weighted by Gasteiger charge is -2.10. The van der Waals surface area contributed by atoms with E-state index in [9.17, 15) is 0 Å². The van der Waals surface area contributed by atoms with Crippen molar-refractivity contribution in [3.8, 4) is 0 Å². The molecule has 0 fully saturated rings. The minimum atomic E-state index is 0.440. The molecule has 86 valence electrons. The molecule has 0 spiro atoms. The Kier molecular flexibility index (Phi) is 4.77. The molecule has 2 rings (SSSR count). The maximum Gasteiger partial charge on any atom is 0.169 e. The van der Waals surface area contributed by atoms with Gasteiger partial charge < -0.3 is 5.32 Å². The fourth-order valence-electron chi connectivity index (χ4n) is 1.28. The summed E-state index contributed by atoms with van der Waals surface area (Å²) in [6.07, 6.45) is 1.61. The van der Waals surface area contributed by atoms with E-state index < -0.39 is 0 Å². The van der Waals surface area contributed by atoms with Crippen molar-refractivity contribution in [2.75, 3.05) is 12.3 Å². The molecule has 2 aromatic heterocycles. The Balaban J connectivity index is 1.65. The predicted octanol–water partition coefficient (Wildman–Crippen LogP) is 3.04. The Morgan fingerprint density at radius 2 is 2.50 bits per heavy atom. The summed E-state index contributed by atoms with van der Waals surface area (Å²) < 4.78 is 5.01. The second-order valence-electron chi connectivity index (χ2n) is 3.25. The van der Waals surface area contributed by atoms with Gasteiger partial charge in [-0.05, 0) is 29.9 Å². The highest BCUT2D eigenvalue weighted by Crippen LogP contribution is 2.19. The van der Waals surface area contributed by atoms with Gasteiger partial charge in [-0.2, -0.15) is 4.37 Å². The van der Waals surface area contributed by atoms with Gasteiger partial charge in [0.05, 0.1) is 0 Å². The van der Waals surface area contributed by atoms with Crippen LogP contribution < -0.4 is 5.32 Å². The van der Waals surface area contributed by atoms with Crippen LogP contribution in [0.3, 0.4) is 0 Å². The largest absolute Gasteiger partial charge is 0.309 e. The van der Waals surface area contributed by atoms with Gasteiger partial charge in [-0.3, -0.25) is 0 Å². The lowest BCUT2D eigenvalue weighted by atomic mass is 10.3. The van der Waals surface area contributed by atoms with E-state index in [2.05, 4.69) is 39.1 Å². The average Bonchev–Trinajstić information content (AvgIpc) is 2.96. The lowest BCUT2D eigenvalue weighted by Crippen LogP contribution is -2.20. The zero-order chi connectivity index (χ0) is 11.2. The highest BCUT2D eigenvalue weighted by atomic mass is 32.2. The van der Waals surface area contributed by atoms with Gasteiger partial charge in [-0.1, -0.05) is 17.8 Å². The maximum absolute atomic E-state index is 4.13. The second-order valence-corrected chi connectivity index (χ2v) is 6.35. The van der Waals surface area contributed by atoms with Crippen LogP contribution in [0.2, 0.25) is 0 Å². The first-order valence-corrected chi connectivity index (χ1v) is 7.66. The molecular weight excluding hydrogens is 258 g/mol. The van der Waals surface area contributed by atoms with E-state index in [1.807, 2.05) is 0 Å². The third kappa shape index (κ3) is 3.55. The van der Waals surface area contributed by atoms with E-state index in [0.717, 1.165) is 16.6 Å². The normalized spacial score (nSPS) is 12.8. The summed E-state index contributed by atoms with van der Waals surface area (Å²) in [5, 5.41) is 5.61. The van der Waals surface area contributed by atoms with Crippen molar-refractivity contribution in [3.05, 3.63) is 28.7 Å². The lowest BCUT2D eigenvalue weighted by molar-refractivity contribution is 0.610. The topological polar surface area (TPSA) is 37.8 Å². The molecule has 6 heteroatoms. The van der Waals surface area contributed by atoms with Crippen LogP contribution in [-0.4, -0.2) is 21.7 Å². The van der Waals surface area contributed by atoms with Gasteiger partial charge in [0.15, 0.2) is 4.34 Å². The third-order valence-electron chi connectivity index (χ3n) is 2.09. The van der Waals surface area contributed by atoms with Crippen molar-refractivity contribution in [1.82, 2.24) is 14.7 Å². The molecule has 1 unspecified atom stereocenters. The molecule has 0 aliphatic rings. The summed E-state index contributed by atoms with van der Waals surface area (Å²) in [5.41, 5.74) is 0. The molecule has 0 amide bonds. The summed E-state index contributed by atoms with van der Waals surface area (Å²) in [6.45, 7) is 3.19. The summed E-state index contributed by atoms with van der Waals surface area (Å²) in [6, 6.07) is 4.70. The van der Waals surface area contributed by atoms with Crippen LogP contribution in [0.4, 0.5) is 0 Å². The van der Waals surface area contributed by atoms with E-state index in [-0.39, 0.29) is 0 Å². The number of thioether (sulfide) groups is 1. The summed E-state index contributed by atoms with van der Waals surface area (Å²) in [5.74, 6) is 1.03. The number of nitrogens with zero attached hydrogens (tertiary/aromatic N) is 2. The number of thiophene rings is 1. The summed E-state index contributed by atoms with van der Waals surface area (Å²) >= 11 is 5.01. The number of hydrogen-bond acceptors (Lipinski definition) is 6. The van der Waals surface area contributed by atoms with Gasteiger partial charge in [0, 0.05) is 23.2 Å². The Morgan fingerprint density at radius 1 is 1.56 bits per heavy atom. The molecule has 2 aromatic rings. The van der Waals surface area contributed by atoms with Crippen molar-refractivity contribution >= 4 is 34.6 Å². The van der Waals surface area contributed by atoms with E-state index in [1.165, 1.54) is 16.4 Å². The van der Waals surface area contributed by atoms with Gasteiger partial charge in [0.2, 0.25) is 0 Å². The Morgan fingerprint density at radius 3 is 3.19 bits per heavy atom. The van der Waals surface area contributed by atoms with Crippen molar-refractivity contribution in [2.24, 2.45) is 0 Å². The number of nitrogens with one attached hydrogen (secondary N) is 1. The van der Waals surface area contributed by atoms with Crippen molar-refractivity contribution in [1.29, 1.82) is 0 Å². The fraction of sp³-hybridized carbons (Fsp3) is 0.400. The highest BCUT2D eigenvalue weighted by Gasteiger charge is 2.05. The van der Waals surface area contributed by atoms with E-state index >= 15 is 0 Å². The van der Waals surface area contributed by atoms with E-state index in [0.29, 0.717) is 6.04 Å². The van der Waals surface area contributed by atoms with Crippen LogP contribution in [-0.2, 0) is 0 Å². The van der Waals surface area contributed by atoms with Gasteiger partial charge in [-0.25, -0.2) is 4.98 Å². The van der Waals surface area contributed by atoms with Crippen molar-refractivity contribution in [2.45, 2.75) is 17.3 Å². The van der Waals surface area contributed by atoms with E-state index in [4.69, 9.17) is 0 Å². The Bertz CT molecular complexity index is 385.